The Morgan fingerprint density at radius 1 is 1.23 bits per heavy atom. The van der Waals surface area contributed by atoms with Crippen molar-refractivity contribution in [3.05, 3.63) is 11.8 Å². The number of carbonyl (C=O) groups is 4. The Hall–Kier alpha value is -3.26. The lowest BCUT2D eigenvalue weighted by Gasteiger charge is -2.11. The van der Waals surface area contributed by atoms with Crippen LogP contribution in [0.2, 0.25) is 0 Å². The van der Waals surface area contributed by atoms with Crippen molar-refractivity contribution in [1.82, 2.24) is 20.8 Å². The molecule has 0 aliphatic carbocycles. The zero-order valence-corrected chi connectivity index (χ0v) is 13.7. The summed E-state index contributed by atoms with van der Waals surface area (Å²) in [5, 5.41) is 37.3. The van der Waals surface area contributed by atoms with Gasteiger partial charge in [0.15, 0.2) is 6.04 Å². The summed E-state index contributed by atoms with van der Waals surface area (Å²) in [6.07, 6.45) is -0.396. The second-order valence-corrected chi connectivity index (χ2v) is 4.75. The molecule has 1 rings (SSSR count). The number of aliphatic hydroxyl groups is 1. The van der Waals surface area contributed by atoms with Crippen LogP contribution < -0.4 is 22.1 Å². The van der Waals surface area contributed by atoms with Gasteiger partial charge in [0.05, 0.1) is 25.6 Å². The number of aromatic nitrogens is 2. The lowest BCUT2D eigenvalue weighted by Crippen LogP contribution is -2.47. The number of carboxylic acids is 2. The van der Waals surface area contributed by atoms with Gasteiger partial charge in [0.25, 0.3) is 0 Å². The van der Waals surface area contributed by atoms with E-state index in [0.29, 0.717) is 0 Å². The number of carbonyl (C=O) groups excluding carboxylic acids is 2. The van der Waals surface area contributed by atoms with Gasteiger partial charge in [-0.05, 0) is 0 Å². The van der Waals surface area contributed by atoms with Crippen LogP contribution in [0.3, 0.4) is 0 Å². The molecular formula is C12H20N6O8. The van der Waals surface area contributed by atoms with Crippen molar-refractivity contribution in [2.24, 2.45) is 11.5 Å². The second kappa shape index (κ2) is 11.3. The molecule has 1 heterocycles. The molecule has 3 amide bonds. The van der Waals surface area contributed by atoms with Crippen LogP contribution in [0.25, 0.3) is 0 Å². The molecule has 14 heteroatoms. The lowest BCUT2D eigenvalue weighted by molar-refractivity contribution is -0.140. The number of urea groups is 1. The molecule has 9 N–H and O–H groups in total. The molecule has 0 aliphatic rings. The van der Waals surface area contributed by atoms with Crippen LogP contribution in [-0.2, 0) is 20.9 Å². The number of rotatable bonds is 8. The average Bonchev–Trinajstić information content (AvgIpc) is 2.98. The van der Waals surface area contributed by atoms with E-state index in [4.69, 9.17) is 25.5 Å². The van der Waals surface area contributed by atoms with Gasteiger partial charge in [-0.1, -0.05) is 0 Å². The normalized spacial score (nSPS) is 12.1. The molecule has 0 aromatic carbocycles. The fraction of sp³-hybridized carbons (Fsp3) is 0.500. The number of amides is 3. The Kier molecular flexibility index (Phi) is 9.90. The van der Waals surface area contributed by atoms with Crippen molar-refractivity contribution >= 4 is 23.9 Å². The minimum Gasteiger partial charge on any atom is -0.481 e. The lowest BCUT2D eigenvalue weighted by atomic mass is 10.2. The highest BCUT2D eigenvalue weighted by atomic mass is 16.4. The summed E-state index contributed by atoms with van der Waals surface area (Å²) in [5.41, 5.74) is 9.98. The fourth-order valence-corrected chi connectivity index (χ4v) is 1.31. The van der Waals surface area contributed by atoms with Crippen molar-refractivity contribution in [2.75, 3.05) is 6.61 Å². The van der Waals surface area contributed by atoms with E-state index in [1.165, 1.54) is 6.92 Å². The van der Waals surface area contributed by atoms with Crippen LogP contribution in [0.5, 0.6) is 0 Å². The number of hydrogen-bond donors (Lipinski definition) is 7. The van der Waals surface area contributed by atoms with Crippen LogP contribution in [0.15, 0.2) is 4.42 Å². The summed E-state index contributed by atoms with van der Waals surface area (Å²) >= 11 is 0. The zero-order valence-electron chi connectivity index (χ0n) is 13.7. The minimum absolute atomic E-state index is 0.0399. The number of nitrogens with one attached hydrogen (secondary N) is 2. The fourth-order valence-electron chi connectivity index (χ4n) is 1.31. The van der Waals surface area contributed by atoms with Gasteiger partial charge >= 0.3 is 18.0 Å². The van der Waals surface area contributed by atoms with Gasteiger partial charge in [0.1, 0.15) is 0 Å². The predicted octanol–water partition coefficient (Wildman–Crippen LogP) is -2.72. The number of nitrogens with zero attached hydrogens (tertiary/aromatic N) is 2. The molecule has 0 radical (unpaired) electrons. The van der Waals surface area contributed by atoms with E-state index in [9.17, 15) is 19.2 Å². The van der Waals surface area contributed by atoms with E-state index in [2.05, 4.69) is 21.2 Å². The summed E-state index contributed by atoms with van der Waals surface area (Å²) in [7, 11) is 0. The Morgan fingerprint density at radius 3 is 2.27 bits per heavy atom. The molecule has 0 aliphatic heterocycles. The van der Waals surface area contributed by atoms with Gasteiger partial charge < -0.3 is 41.8 Å². The molecule has 1 unspecified atom stereocenters. The van der Waals surface area contributed by atoms with Gasteiger partial charge in [-0.25, -0.2) is 9.59 Å². The van der Waals surface area contributed by atoms with Gasteiger partial charge in [-0.15, -0.1) is 10.2 Å². The van der Waals surface area contributed by atoms with Crippen molar-refractivity contribution in [1.29, 1.82) is 0 Å². The molecule has 2 atom stereocenters. The summed E-state index contributed by atoms with van der Waals surface area (Å²) in [6.45, 7) is 0.313. The van der Waals surface area contributed by atoms with Crippen LogP contribution in [-0.4, -0.2) is 62.0 Å². The maximum absolute atomic E-state index is 11.4. The van der Waals surface area contributed by atoms with Crippen LogP contribution in [0, 0.1) is 0 Å². The topological polar surface area (TPSA) is 244 Å². The Bertz CT molecular complexity index is 629. The summed E-state index contributed by atoms with van der Waals surface area (Å²) in [6, 6.07) is -3.28. The number of aliphatic hydroxyl groups excluding tert-OH is 1. The van der Waals surface area contributed by atoms with Crippen molar-refractivity contribution in [2.45, 2.75) is 32.0 Å². The number of primary amides is 1. The third-order valence-electron chi connectivity index (χ3n) is 2.38. The summed E-state index contributed by atoms with van der Waals surface area (Å²) in [5.74, 6) is -2.99. The Labute approximate surface area is 146 Å². The van der Waals surface area contributed by atoms with E-state index in [0.717, 1.165) is 0 Å². The molecule has 1 aromatic heterocycles. The molecule has 0 saturated carbocycles. The summed E-state index contributed by atoms with van der Waals surface area (Å²) in [4.78, 5) is 41.7. The maximum atomic E-state index is 11.4. The molecule has 0 saturated heterocycles. The van der Waals surface area contributed by atoms with Crippen LogP contribution in [0.1, 0.15) is 31.2 Å². The number of nitrogens with two attached hydrogens (primary N) is 2. The quantitative estimate of drug-likeness (QED) is 0.245. The molecular weight excluding hydrogens is 356 g/mol. The SMILES string of the molecule is CC(N)=O.N[C@@H](CC(=O)O)c1nnc(CNC(=O)NC(CO)C(=O)O)o1. The molecule has 0 spiro atoms. The van der Waals surface area contributed by atoms with Crippen LogP contribution >= 0.6 is 0 Å². The smallest absolute Gasteiger partial charge is 0.328 e. The number of aliphatic carboxylic acids is 2. The highest BCUT2D eigenvalue weighted by Gasteiger charge is 2.20. The third-order valence-corrected chi connectivity index (χ3v) is 2.38. The Balaban J connectivity index is 0.00000141. The van der Waals surface area contributed by atoms with Crippen molar-refractivity contribution in [3.8, 4) is 0 Å². The maximum Gasteiger partial charge on any atom is 0.328 e. The second-order valence-electron chi connectivity index (χ2n) is 4.75. The molecule has 26 heavy (non-hydrogen) atoms. The monoisotopic (exact) mass is 376 g/mol. The largest absolute Gasteiger partial charge is 0.481 e. The first-order chi connectivity index (χ1) is 12.1. The van der Waals surface area contributed by atoms with Crippen LogP contribution in [0.4, 0.5) is 4.79 Å². The number of hydrogen-bond acceptors (Lipinski definition) is 9. The van der Waals surface area contributed by atoms with E-state index < -0.39 is 43.1 Å². The van der Waals surface area contributed by atoms with Gasteiger partial charge in [0.2, 0.25) is 17.7 Å². The third kappa shape index (κ3) is 9.78. The van der Waals surface area contributed by atoms with E-state index in [1.54, 1.807) is 0 Å². The van der Waals surface area contributed by atoms with Crippen molar-refractivity contribution < 1.29 is 38.9 Å². The molecule has 0 fully saturated rings. The van der Waals surface area contributed by atoms with Crippen molar-refractivity contribution in [3.63, 3.8) is 0 Å². The molecule has 146 valence electrons. The van der Waals surface area contributed by atoms with Gasteiger partial charge in [-0.3, -0.25) is 9.59 Å². The first-order valence-corrected chi connectivity index (χ1v) is 7.00. The molecule has 1 aromatic rings. The highest BCUT2D eigenvalue weighted by Crippen LogP contribution is 2.12. The van der Waals surface area contributed by atoms with E-state index in [-0.39, 0.29) is 24.2 Å². The average molecular weight is 376 g/mol. The first-order valence-electron chi connectivity index (χ1n) is 7.00. The molecule has 0 bridgehead atoms. The summed E-state index contributed by atoms with van der Waals surface area (Å²) < 4.78 is 5.06. The van der Waals surface area contributed by atoms with Gasteiger partial charge in [-0.2, -0.15) is 0 Å². The van der Waals surface area contributed by atoms with E-state index in [1.807, 2.05) is 5.32 Å². The molecule has 14 nitrogen and oxygen atoms in total. The Morgan fingerprint density at radius 2 is 1.81 bits per heavy atom. The standard InChI is InChI=1S/C10H15N5O7.C2H5NO/c11-4(1-7(17)18)8-15-14-6(22-8)2-12-10(21)13-5(3-16)9(19)20;1-2(3)4/h4-5,16H,1-3,11H2,(H,17,18)(H,19,20)(H2,12,13,21);1H3,(H2,3,4)/t4-,5?;/m0./s1. The van der Waals surface area contributed by atoms with Gasteiger partial charge in [0, 0.05) is 6.92 Å². The zero-order chi connectivity index (χ0) is 20.3. The van der Waals surface area contributed by atoms with E-state index >= 15 is 0 Å². The highest BCUT2D eigenvalue weighted by molar-refractivity contribution is 5.82. The first kappa shape index (κ1) is 22.7. The predicted molar refractivity (Wildman–Crippen MR) is 82.2 cm³/mol. The minimum atomic E-state index is -1.44. The number of carboxylic acid groups (broad SMARTS) is 2.